The molecule has 33 heavy (non-hydrogen) atoms. The molecule has 0 saturated heterocycles. The first-order chi connectivity index (χ1) is 16.0. The van der Waals surface area contributed by atoms with Crippen LogP contribution in [0.3, 0.4) is 0 Å². The SMILES string of the molecule is O=c1[nH]c2c(s1)[C@H](c1cc([N+](=O)[O-])ccc1OCc1ccccc1Cl)[C@H]1[C@@H]3CC[C@H](C3)[C@@H]1S2. The van der Waals surface area contributed by atoms with Gasteiger partial charge in [0, 0.05) is 44.3 Å². The van der Waals surface area contributed by atoms with E-state index in [4.69, 9.17) is 16.3 Å². The molecule has 2 saturated carbocycles. The molecule has 0 radical (unpaired) electrons. The Hall–Kier alpha value is -2.29. The van der Waals surface area contributed by atoms with E-state index in [0.29, 0.717) is 33.8 Å². The minimum Gasteiger partial charge on any atom is -0.489 e. The van der Waals surface area contributed by atoms with Crippen molar-refractivity contribution in [2.24, 2.45) is 17.8 Å². The number of non-ortho nitro benzene ring substituents is 1. The maximum Gasteiger partial charge on any atom is 0.305 e. The van der Waals surface area contributed by atoms with Gasteiger partial charge < -0.3 is 9.72 Å². The molecular formula is C24H21ClN2O4S2. The summed E-state index contributed by atoms with van der Waals surface area (Å²) in [6.07, 6.45) is 3.60. The van der Waals surface area contributed by atoms with Crippen molar-refractivity contribution >= 4 is 40.4 Å². The number of aromatic amines is 1. The van der Waals surface area contributed by atoms with E-state index in [9.17, 15) is 14.9 Å². The second-order valence-electron chi connectivity index (χ2n) is 9.04. The molecule has 0 spiro atoms. The largest absolute Gasteiger partial charge is 0.489 e. The van der Waals surface area contributed by atoms with Crippen molar-refractivity contribution in [3.05, 3.63) is 83.3 Å². The molecule has 5 atom stereocenters. The Morgan fingerprint density at radius 1 is 1.18 bits per heavy atom. The van der Waals surface area contributed by atoms with Crippen LogP contribution in [0, 0.1) is 27.9 Å². The number of nitrogens with zero attached hydrogens (tertiary/aromatic N) is 1. The van der Waals surface area contributed by atoms with Crippen LogP contribution in [0.2, 0.25) is 5.02 Å². The molecule has 6 nitrogen and oxygen atoms in total. The molecule has 9 heteroatoms. The number of nitrogens with one attached hydrogen (secondary N) is 1. The van der Waals surface area contributed by atoms with Crippen molar-refractivity contribution in [1.82, 2.24) is 4.98 Å². The number of hydrogen-bond acceptors (Lipinski definition) is 6. The highest BCUT2D eigenvalue weighted by Gasteiger charge is 2.55. The Balaban J connectivity index is 1.46. The van der Waals surface area contributed by atoms with E-state index in [1.807, 2.05) is 24.3 Å². The van der Waals surface area contributed by atoms with Crippen molar-refractivity contribution in [3.63, 3.8) is 0 Å². The standard InChI is InChI=1S/C24H21ClN2O4S2/c25-17-4-2-1-3-14(17)11-31-18-8-7-15(27(29)30)10-16(18)20-19-12-5-6-13(9-12)21(19)32-23-22(20)33-24(28)26-23/h1-4,7-8,10,12-13,19-21H,5-6,9,11H2,(H,26,28)/t12-,13-,19-,20-,21+/m1/s1. The van der Waals surface area contributed by atoms with Crippen LogP contribution in [0.25, 0.3) is 0 Å². The monoisotopic (exact) mass is 500 g/mol. The topological polar surface area (TPSA) is 85.2 Å². The molecule has 170 valence electrons. The van der Waals surface area contributed by atoms with E-state index in [2.05, 4.69) is 4.98 Å². The minimum absolute atomic E-state index is 0.0393. The average Bonchev–Trinajstić information content (AvgIpc) is 3.51. The van der Waals surface area contributed by atoms with Crippen LogP contribution in [0.5, 0.6) is 5.75 Å². The van der Waals surface area contributed by atoms with E-state index in [1.165, 1.54) is 36.7 Å². The van der Waals surface area contributed by atoms with E-state index < -0.39 is 0 Å². The first-order valence-corrected chi connectivity index (χ1v) is 13.1. The lowest BCUT2D eigenvalue weighted by atomic mass is 9.74. The number of nitro groups is 1. The van der Waals surface area contributed by atoms with Crippen molar-refractivity contribution in [1.29, 1.82) is 0 Å². The van der Waals surface area contributed by atoms with Gasteiger partial charge in [-0.1, -0.05) is 41.1 Å². The lowest BCUT2D eigenvalue weighted by molar-refractivity contribution is -0.385. The van der Waals surface area contributed by atoms with E-state index in [1.54, 1.807) is 23.9 Å². The summed E-state index contributed by atoms with van der Waals surface area (Å²) in [5.41, 5.74) is 1.69. The van der Waals surface area contributed by atoms with Gasteiger partial charge in [-0.3, -0.25) is 14.9 Å². The highest BCUT2D eigenvalue weighted by Crippen LogP contribution is 2.64. The predicted octanol–water partition coefficient (Wildman–Crippen LogP) is 6.23. The third kappa shape index (κ3) is 3.59. The zero-order valence-corrected chi connectivity index (χ0v) is 19.9. The van der Waals surface area contributed by atoms with Gasteiger partial charge in [0.15, 0.2) is 0 Å². The van der Waals surface area contributed by atoms with Gasteiger partial charge in [-0.05, 0) is 49.1 Å². The number of benzene rings is 2. The van der Waals surface area contributed by atoms with E-state index in [-0.39, 0.29) is 28.0 Å². The quantitative estimate of drug-likeness (QED) is 0.331. The number of thiazole rings is 1. The summed E-state index contributed by atoms with van der Waals surface area (Å²) in [7, 11) is 0. The average molecular weight is 501 g/mol. The summed E-state index contributed by atoms with van der Waals surface area (Å²) in [5, 5.41) is 13.6. The number of ether oxygens (including phenoxy) is 1. The molecule has 0 unspecified atom stereocenters. The molecule has 2 aliphatic carbocycles. The van der Waals surface area contributed by atoms with Gasteiger partial charge in [0.25, 0.3) is 5.69 Å². The number of fused-ring (bicyclic) bond motifs is 6. The van der Waals surface area contributed by atoms with Gasteiger partial charge in [0.1, 0.15) is 12.4 Å². The maximum atomic E-state index is 12.3. The lowest BCUT2D eigenvalue weighted by Gasteiger charge is -2.40. The Morgan fingerprint density at radius 3 is 2.82 bits per heavy atom. The first kappa shape index (κ1) is 21.3. The second kappa shape index (κ2) is 8.18. The Morgan fingerprint density at radius 2 is 2.00 bits per heavy atom. The van der Waals surface area contributed by atoms with Gasteiger partial charge >= 0.3 is 4.87 Å². The molecular weight excluding hydrogens is 480 g/mol. The number of H-pyrrole nitrogens is 1. The second-order valence-corrected chi connectivity index (χ2v) is 11.6. The molecule has 6 rings (SSSR count). The van der Waals surface area contributed by atoms with Crippen LogP contribution in [0.1, 0.15) is 41.2 Å². The summed E-state index contributed by atoms with van der Waals surface area (Å²) in [6, 6.07) is 12.3. The van der Waals surface area contributed by atoms with Gasteiger partial charge in [0.2, 0.25) is 0 Å². The predicted molar refractivity (Wildman–Crippen MR) is 130 cm³/mol. The van der Waals surface area contributed by atoms with Crippen LogP contribution in [-0.2, 0) is 6.61 Å². The smallest absolute Gasteiger partial charge is 0.305 e. The molecule has 3 aliphatic rings. The molecule has 1 aromatic heterocycles. The highest BCUT2D eigenvalue weighted by molar-refractivity contribution is 8.00. The summed E-state index contributed by atoms with van der Waals surface area (Å²) >= 11 is 9.35. The van der Waals surface area contributed by atoms with Gasteiger partial charge in [-0.25, -0.2) is 0 Å². The molecule has 3 aromatic rings. The Kier molecular flexibility index (Phi) is 5.27. The fraction of sp³-hybridized carbons (Fsp3) is 0.375. The van der Waals surface area contributed by atoms with Crippen LogP contribution >= 0.6 is 34.7 Å². The molecule has 2 heterocycles. The third-order valence-electron chi connectivity index (χ3n) is 7.35. The lowest BCUT2D eigenvalue weighted by Crippen LogP contribution is -2.33. The summed E-state index contributed by atoms with van der Waals surface area (Å²) < 4.78 is 6.24. The van der Waals surface area contributed by atoms with Crippen LogP contribution < -0.4 is 9.61 Å². The van der Waals surface area contributed by atoms with Crippen molar-refractivity contribution in [3.8, 4) is 5.75 Å². The minimum atomic E-state index is -0.363. The van der Waals surface area contributed by atoms with Crippen molar-refractivity contribution in [2.45, 2.75) is 42.1 Å². The summed E-state index contributed by atoms with van der Waals surface area (Å²) in [5.74, 6) is 2.07. The number of rotatable bonds is 5. The van der Waals surface area contributed by atoms with Crippen molar-refractivity contribution in [2.75, 3.05) is 0 Å². The van der Waals surface area contributed by atoms with Gasteiger partial charge in [-0.15, -0.1) is 11.8 Å². The van der Waals surface area contributed by atoms with E-state index >= 15 is 0 Å². The number of aromatic nitrogens is 1. The normalized spacial score (nSPS) is 27.2. The molecule has 1 N–H and O–H groups in total. The molecule has 2 bridgehead atoms. The fourth-order valence-electron chi connectivity index (χ4n) is 5.99. The van der Waals surface area contributed by atoms with Crippen molar-refractivity contribution < 1.29 is 9.66 Å². The number of nitro benzene ring substituents is 1. The Labute approximate surface area is 203 Å². The third-order valence-corrected chi connectivity index (χ3v) is 10.3. The number of hydrogen-bond donors (Lipinski definition) is 1. The zero-order valence-electron chi connectivity index (χ0n) is 17.5. The number of halogens is 1. The first-order valence-electron chi connectivity index (χ1n) is 11.0. The van der Waals surface area contributed by atoms with Crippen LogP contribution in [0.4, 0.5) is 5.69 Å². The van der Waals surface area contributed by atoms with Crippen LogP contribution in [0.15, 0.2) is 52.3 Å². The fourth-order valence-corrected chi connectivity index (χ4v) is 9.07. The molecule has 2 fully saturated rings. The zero-order chi connectivity index (χ0) is 22.7. The maximum absolute atomic E-state index is 12.3. The highest BCUT2D eigenvalue weighted by atomic mass is 35.5. The molecule has 2 aromatic carbocycles. The molecule has 1 aliphatic heterocycles. The molecule has 0 amide bonds. The summed E-state index contributed by atoms with van der Waals surface area (Å²) in [4.78, 5) is 27.6. The Bertz CT molecular complexity index is 1310. The number of thioether (sulfide) groups is 1. The summed E-state index contributed by atoms with van der Waals surface area (Å²) in [6.45, 7) is 0.266. The van der Waals surface area contributed by atoms with Gasteiger partial charge in [-0.2, -0.15) is 0 Å². The van der Waals surface area contributed by atoms with Crippen LogP contribution in [-0.4, -0.2) is 15.2 Å². The van der Waals surface area contributed by atoms with E-state index in [0.717, 1.165) is 21.0 Å². The van der Waals surface area contributed by atoms with Gasteiger partial charge in [0.05, 0.1) is 9.95 Å².